The molecule has 0 rings (SSSR count). The smallest absolute Gasteiger partial charge is 0.160 e. The lowest BCUT2D eigenvalue weighted by atomic mass is 10.2. The monoisotopic (exact) mass is 205 g/mol. The van der Waals surface area contributed by atoms with Crippen molar-refractivity contribution in [2.45, 2.75) is 46.7 Å². The molecule has 0 aliphatic rings. The van der Waals surface area contributed by atoms with Gasteiger partial charge in [-0.25, -0.2) is 0 Å². The lowest BCUT2D eigenvalue weighted by molar-refractivity contribution is 0.185. The summed E-state index contributed by atoms with van der Waals surface area (Å²) in [5.74, 6) is 0. The Bertz CT molecular complexity index is 123. The molecule has 0 atom stereocenters. The molecule has 3 nitrogen and oxygen atoms in total. The average molecular weight is 205 g/mol. The first-order chi connectivity index (χ1) is 5.82. The number of nitrogens with two attached hydrogens (primary N) is 2. The van der Waals surface area contributed by atoms with Crippen LogP contribution in [0, 0.1) is 0 Å². The Morgan fingerprint density at radius 2 is 1.38 bits per heavy atom. The zero-order chi connectivity index (χ0) is 11.0. The van der Waals surface area contributed by atoms with Gasteiger partial charge in [-0.1, -0.05) is 6.92 Å². The Labute approximate surface area is 87.5 Å². The minimum absolute atomic E-state index is 0.000000000000000222. The number of thiocarbonyl (C=S) groups is 1. The minimum atomic E-state index is 0.000000000000000222. The van der Waals surface area contributed by atoms with E-state index in [9.17, 15) is 0 Å². The summed E-state index contributed by atoms with van der Waals surface area (Å²) in [6.07, 6.45) is 0. The molecule has 0 aromatic rings. The van der Waals surface area contributed by atoms with E-state index in [0.717, 1.165) is 6.54 Å². The van der Waals surface area contributed by atoms with Crippen molar-refractivity contribution in [2.75, 3.05) is 6.54 Å². The van der Waals surface area contributed by atoms with Crippen LogP contribution in [0.25, 0.3) is 0 Å². The lowest BCUT2D eigenvalue weighted by Gasteiger charge is -2.28. The third-order valence-electron chi connectivity index (χ3n) is 1.69. The quantitative estimate of drug-likeness (QED) is 0.682. The molecule has 0 aromatic heterocycles. The van der Waals surface area contributed by atoms with Gasteiger partial charge >= 0.3 is 0 Å². The van der Waals surface area contributed by atoms with E-state index in [1.54, 1.807) is 0 Å². The highest BCUT2D eigenvalue weighted by Crippen LogP contribution is 2.02. The highest BCUT2D eigenvalue weighted by atomic mass is 32.1. The molecule has 0 spiro atoms. The van der Waals surface area contributed by atoms with E-state index < -0.39 is 0 Å². The van der Waals surface area contributed by atoms with E-state index in [1.165, 1.54) is 0 Å². The molecule has 0 unspecified atom stereocenters. The molecule has 0 aliphatic heterocycles. The predicted molar refractivity (Wildman–Crippen MR) is 63.6 cm³/mol. The van der Waals surface area contributed by atoms with Crippen molar-refractivity contribution in [1.29, 1.82) is 0 Å². The molecule has 0 fully saturated rings. The van der Waals surface area contributed by atoms with Crippen LogP contribution in [0.3, 0.4) is 0 Å². The van der Waals surface area contributed by atoms with Gasteiger partial charge in [0.2, 0.25) is 0 Å². The highest BCUT2D eigenvalue weighted by molar-refractivity contribution is 7.80. The maximum atomic E-state index is 4.62. The van der Waals surface area contributed by atoms with Gasteiger partial charge < -0.3 is 11.5 Å². The molecule has 4 N–H and O–H groups in total. The second-order valence-corrected chi connectivity index (χ2v) is 3.89. The van der Waals surface area contributed by atoms with Crippen molar-refractivity contribution < 1.29 is 0 Å². The van der Waals surface area contributed by atoms with Crippen LogP contribution in [-0.4, -0.2) is 28.6 Å². The van der Waals surface area contributed by atoms with Crippen molar-refractivity contribution in [2.24, 2.45) is 11.5 Å². The van der Waals surface area contributed by atoms with Gasteiger partial charge in [-0.15, -0.1) is 0 Å². The maximum absolute atomic E-state index is 4.62. The van der Waals surface area contributed by atoms with Gasteiger partial charge in [-0.3, -0.25) is 4.90 Å². The molecular formula is C9H23N3S. The van der Waals surface area contributed by atoms with Gasteiger partial charge in [0.25, 0.3) is 0 Å². The molecule has 0 aromatic carbocycles. The van der Waals surface area contributed by atoms with Crippen LogP contribution >= 0.6 is 12.2 Å². The van der Waals surface area contributed by atoms with Crippen LogP contribution in [0.15, 0.2) is 0 Å². The SMILES string of the molecule is CCN(C(C)C)C(C)C.NC(N)=S. The first-order valence-electron chi connectivity index (χ1n) is 4.63. The summed E-state index contributed by atoms with van der Waals surface area (Å²) in [6, 6.07) is 1.38. The Hall–Kier alpha value is -0.350. The third kappa shape index (κ3) is 11.7. The second-order valence-electron chi connectivity index (χ2n) is 3.42. The molecule has 0 radical (unpaired) electrons. The van der Waals surface area contributed by atoms with Crippen molar-refractivity contribution in [1.82, 2.24) is 4.90 Å². The first kappa shape index (κ1) is 15.1. The van der Waals surface area contributed by atoms with Crippen molar-refractivity contribution in [3.8, 4) is 0 Å². The summed E-state index contributed by atoms with van der Waals surface area (Å²) in [5.41, 5.74) is 9.24. The topological polar surface area (TPSA) is 55.3 Å². The Kier molecular flexibility index (Phi) is 9.61. The molecule has 80 valence electrons. The summed E-state index contributed by atoms with van der Waals surface area (Å²) in [4.78, 5) is 2.46. The number of hydrogen-bond donors (Lipinski definition) is 2. The molecular weight excluding hydrogens is 182 g/mol. The van der Waals surface area contributed by atoms with Gasteiger partial charge in [-0.05, 0) is 46.5 Å². The van der Waals surface area contributed by atoms with Crippen LogP contribution < -0.4 is 11.5 Å². The van der Waals surface area contributed by atoms with E-state index in [2.05, 4.69) is 63.2 Å². The Morgan fingerprint density at radius 3 is 1.38 bits per heavy atom. The number of hydrogen-bond acceptors (Lipinski definition) is 2. The van der Waals surface area contributed by atoms with Crippen molar-refractivity contribution in [3.63, 3.8) is 0 Å². The summed E-state index contributed by atoms with van der Waals surface area (Å²) in [5, 5.41) is 0.000000000000000222. The van der Waals surface area contributed by atoms with E-state index >= 15 is 0 Å². The van der Waals surface area contributed by atoms with Gasteiger partial charge in [-0.2, -0.15) is 0 Å². The Morgan fingerprint density at radius 1 is 1.15 bits per heavy atom. The third-order valence-corrected chi connectivity index (χ3v) is 1.69. The lowest BCUT2D eigenvalue weighted by Crippen LogP contribution is -2.36. The van der Waals surface area contributed by atoms with Gasteiger partial charge in [0.05, 0.1) is 0 Å². The molecule has 0 saturated heterocycles. The summed E-state index contributed by atoms with van der Waals surface area (Å²) < 4.78 is 0. The van der Waals surface area contributed by atoms with Crippen LogP contribution in [-0.2, 0) is 0 Å². The number of rotatable bonds is 3. The maximum Gasteiger partial charge on any atom is 0.160 e. The van der Waals surface area contributed by atoms with Gasteiger partial charge in [0, 0.05) is 12.1 Å². The average Bonchev–Trinajstić information content (AvgIpc) is 1.84. The van der Waals surface area contributed by atoms with Gasteiger partial charge in [0.15, 0.2) is 5.11 Å². The summed E-state index contributed by atoms with van der Waals surface area (Å²) in [7, 11) is 0. The van der Waals surface area contributed by atoms with E-state index in [-0.39, 0.29) is 5.11 Å². The molecule has 0 bridgehead atoms. The zero-order valence-corrected chi connectivity index (χ0v) is 10.2. The van der Waals surface area contributed by atoms with E-state index in [4.69, 9.17) is 0 Å². The summed E-state index contributed by atoms with van der Waals surface area (Å²) >= 11 is 4.09. The fourth-order valence-electron chi connectivity index (χ4n) is 1.33. The van der Waals surface area contributed by atoms with Gasteiger partial charge in [0.1, 0.15) is 0 Å². The van der Waals surface area contributed by atoms with Crippen LogP contribution in [0.1, 0.15) is 34.6 Å². The van der Waals surface area contributed by atoms with E-state index in [1.807, 2.05) is 0 Å². The minimum Gasteiger partial charge on any atom is -0.377 e. The molecule has 0 saturated carbocycles. The van der Waals surface area contributed by atoms with E-state index in [0.29, 0.717) is 12.1 Å². The molecule has 0 amide bonds. The predicted octanol–water partition coefficient (Wildman–Crippen LogP) is 1.31. The standard InChI is InChI=1S/C8H19N.CH4N2S/c1-6-9(7(2)3)8(4)5;2-1(3)4/h7-8H,6H2,1-5H3;(H4,2,3,4). The molecule has 0 heterocycles. The van der Waals surface area contributed by atoms with Crippen LogP contribution in [0.4, 0.5) is 0 Å². The number of nitrogens with zero attached hydrogens (tertiary/aromatic N) is 1. The molecule has 0 aliphatic carbocycles. The molecule has 4 heteroatoms. The first-order valence-corrected chi connectivity index (χ1v) is 5.04. The second kappa shape index (κ2) is 8.26. The zero-order valence-electron chi connectivity index (χ0n) is 9.37. The van der Waals surface area contributed by atoms with Crippen LogP contribution in [0.5, 0.6) is 0 Å². The Balaban J connectivity index is 0. The largest absolute Gasteiger partial charge is 0.377 e. The van der Waals surface area contributed by atoms with Crippen LogP contribution in [0.2, 0.25) is 0 Å². The normalized spacial score (nSPS) is 10.2. The fraction of sp³-hybridized carbons (Fsp3) is 0.889. The fourth-order valence-corrected chi connectivity index (χ4v) is 1.33. The molecule has 13 heavy (non-hydrogen) atoms. The summed E-state index contributed by atoms with van der Waals surface area (Å²) in [6.45, 7) is 12.3. The van der Waals surface area contributed by atoms with Crippen molar-refractivity contribution >= 4 is 17.3 Å². The highest BCUT2D eigenvalue weighted by Gasteiger charge is 2.08. The van der Waals surface area contributed by atoms with Crippen molar-refractivity contribution in [3.05, 3.63) is 0 Å².